The van der Waals surface area contributed by atoms with E-state index < -0.39 is 23.7 Å². The molecule has 1 nitrogen and oxygen atoms in total. The summed E-state index contributed by atoms with van der Waals surface area (Å²) in [7, 11) is 0. The number of aryl methyl sites for hydroxylation is 1. The second-order valence-electron chi connectivity index (χ2n) is 4.30. The molecule has 1 heterocycles. The maximum atomic E-state index is 13.2. The topological polar surface area (TPSA) is 20.2 Å². The number of aliphatic hydroxyl groups excluding tert-OH is 1. The molecule has 0 amide bonds. The summed E-state index contributed by atoms with van der Waals surface area (Å²) < 4.78 is 51.1. The van der Waals surface area contributed by atoms with Crippen molar-refractivity contribution in [2.45, 2.75) is 25.6 Å². The van der Waals surface area contributed by atoms with Gasteiger partial charge in [0.15, 0.2) is 0 Å². The highest BCUT2D eigenvalue weighted by molar-refractivity contribution is 7.12. The van der Waals surface area contributed by atoms with E-state index in [4.69, 9.17) is 0 Å². The molecule has 2 aromatic rings. The van der Waals surface area contributed by atoms with Gasteiger partial charge >= 0.3 is 6.18 Å². The van der Waals surface area contributed by atoms with E-state index in [9.17, 15) is 22.7 Å². The van der Waals surface area contributed by atoms with Crippen molar-refractivity contribution < 1.29 is 22.7 Å². The number of alkyl halides is 3. The highest BCUT2D eigenvalue weighted by Gasteiger charge is 2.34. The van der Waals surface area contributed by atoms with Crippen LogP contribution >= 0.6 is 11.3 Å². The largest absolute Gasteiger partial charge is 0.419 e. The van der Waals surface area contributed by atoms with Crippen LogP contribution in [0.3, 0.4) is 0 Å². The van der Waals surface area contributed by atoms with Gasteiger partial charge < -0.3 is 5.11 Å². The average molecular weight is 304 g/mol. The van der Waals surface area contributed by atoms with Gasteiger partial charge in [0, 0.05) is 9.75 Å². The molecule has 0 radical (unpaired) electrons. The Balaban J connectivity index is 2.37. The van der Waals surface area contributed by atoms with E-state index in [1.807, 2.05) is 13.0 Å². The van der Waals surface area contributed by atoms with Crippen LogP contribution < -0.4 is 0 Å². The maximum absolute atomic E-state index is 13.2. The lowest BCUT2D eigenvalue weighted by atomic mass is 10.0. The van der Waals surface area contributed by atoms with Gasteiger partial charge in [0.25, 0.3) is 0 Å². The van der Waals surface area contributed by atoms with E-state index in [1.165, 1.54) is 17.4 Å². The smallest absolute Gasteiger partial charge is 0.383 e. The van der Waals surface area contributed by atoms with Crippen molar-refractivity contribution in [2.24, 2.45) is 0 Å². The second-order valence-corrected chi connectivity index (χ2v) is 5.50. The number of aliphatic hydroxyl groups is 1. The monoisotopic (exact) mass is 304 g/mol. The molecule has 0 fully saturated rings. The highest BCUT2D eigenvalue weighted by atomic mass is 32.1. The number of hydrogen-bond acceptors (Lipinski definition) is 2. The molecule has 108 valence electrons. The molecule has 1 atom stereocenters. The normalized spacial score (nSPS) is 13.5. The molecule has 1 aromatic carbocycles. The zero-order valence-electron chi connectivity index (χ0n) is 10.5. The number of halogens is 4. The third kappa shape index (κ3) is 3.02. The third-order valence-corrected chi connectivity index (χ3v) is 4.19. The van der Waals surface area contributed by atoms with Crippen molar-refractivity contribution in [3.63, 3.8) is 0 Å². The first-order valence-corrected chi connectivity index (χ1v) is 6.78. The van der Waals surface area contributed by atoms with Crippen molar-refractivity contribution in [2.75, 3.05) is 0 Å². The molecular weight excluding hydrogens is 292 g/mol. The van der Waals surface area contributed by atoms with Crippen molar-refractivity contribution in [1.29, 1.82) is 0 Å². The Hall–Kier alpha value is -1.40. The molecule has 1 aromatic heterocycles. The summed E-state index contributed by atoms with van der Waals surface area (Å²) in [5.74, 6) is -1.34. The fraction of sp³-hybridized carbons (Fsp3) is 0.286. The molecule has 0 aliphatic carbocycles. The summed E-state index contributed by atoms with van der Waals surface area (Å²) in [5.41, 5.74) is -1.33. The zero-order chi connectivity index (χ0) is 14.9. The van der Waals surface area contributed by atoms with Crippen LogP contribution in [0.25, 0.3) is 0 Å². The molecule has 20 heavy (non-hydrogen) atoms. The molecule has 2 rings (SSSR count). The predicted octanol–water partition coefficient (Wildman–Crippen LogP) is 4.55. The second kappa shape index (κ2) is 5.54. The number of hydrogen-bond donors (Lipinski definition) is 1. The van der Waals surface area contributed by atoms with Gasteiger partial charge in [0.05, 0.1) is 5.56 Å². The number of thiophene rings is 1. The van der Waals surface area contributed by atoms with Crippen molar-refractivity contribution in [3.8, 4) is 0 Å². The third-order valence-electron chi connectivity index (χ3n) is 2.91. The van der Waals surface area contributed by atoms with Gasteiger partial charge in [-0.2, -0.15) is 13.2 Å². The van der Waals surface area contributed by atoms with E-state index in [1.54, 1.807) is 6.07 Å². The first-order valence-electron chi connectivity index (χ1n) is 5.96. The first-order chi connectivity index (χ1) is 9.32. The number of benzene rings is 1. The van der Waals surface area contributed by atoms with E-state index >= 15 is 0 Å². The average Bonchev–Trinajstić information content (AvgIpc) is 2.86. The van der Waals surface area contributed by atoms with Gasteiger partial charge in [-0.1, -0.05) is 13.0 Å². The van der Waals surface area contributed by atoms with E-state index in [2.05, 4.69) is 0 Å². The fourth-order valence-electron chi connectivity index (χ4n) is 1.83. The minimum Gasteiger partial charge on any atom is -0.383 e. The Morgan fingerprint density at radius 3 is 2.45 bits per heavy atom. The quantitative estimate of drug-likeness (QED) is 0.825. The first kappa shape index (κ1) is 15.0. The number of rotatable bonds is 3. The minimum atomic E-state index is -4.77. The summed E-state index contributed by atoms with van der Waals surface area (Å²) in [6.07, 6.45) is -5.17. The molecule has 0 saturated carbocycles. The molecule has 0 aliphatic heterocycles. The fourth-order valence-corrected chi connectivity index (χ4v) is 2.79. The molecule has 1 unspecified atom stereocenters. The summed E-state index contributed by atoms with van der Waals surface area (Å²) in [6, 6.07) is 6.05. The van der Waals surface area contributed by atoms with Crippen LogP contribution in [0.5, 0.6) is 0 Å². The summed E-state index contributed by atoms with van der Waals surface area (Å²) in [5, 5.41) is 10.1. The Labute approximate surface area is 117 Å². The van der Waals surface area contributed by atoms with Gasteiger partial charge in [-0.3, -0.25) is 0 Å². The Bertz CT molecular complexity index is 603. The van der Waals surface area contributed by atoms with Crippen LogP contribution in [0.1, 0.15) is 33.9 Å². The van der Waals surface area contributed by atoms with Crippen molar-refractivity contribution in [1.82, 2.24) is 0 Å². The molecule has 0 saturated heterocycles. The van der Waals surface area contributed by atoms with Crippen LogP contribution in [0.2, 0.25) is 0 Å². The lowest BCUT2D eigenvalue weighted by molar-refractivity contribution is -0.140. The lowest BCUT2D eigenvalue weighted by Gasteiger charge is -2.13. The summed E-state index contributed by atoms with van der Waals surface area (Å²) in [6.45, 7) is 1.95. The Kier molecular flexibility index (Phi) is 4.15. The van der Waals surface area contributed by atoms with Crippen LogP contribution in [-0.2, 0) is 12.6 Å². The molecule has 6 heteroatoms. The predicted molar refractivity (Wildman–Crippen MR) is 69.2 cm³/mol. The molecule has 0 spiro atoms. The van der Waals surface area contributed by atoms with Gasteiger partial charge in [-0.05, 0) is 36.2 Å². The molecule has 0 bridgehead atoms. The molecule has 0 aliphatic rings. The highest BCUT2D eigenvalue weighted by Crippen LogP contribution is 2.35. The van der Waals surface area contributed by atoms with Crippen LogP contribution in [-0.4, -0.2) is 5.11 Å². The van der Waals surface area contributed by atoms with E-state index in [0.29, 0.717) is 10.9 Å². The van der Waals surface area contributed by atoms with Gasteiger partial charge in [0.2, 0.25) is 0 Å². The Morgan fingerprint density at radius 2 is 1.90 bits per heavy atom. The minimum absolute atomic E-state index is 0.0308. The molecular formula is C14H12F4OS. The van der Waals surface area contributed by atoms with Crippen molar-refractivity contribution >= 4 is 11.3 Å². The van der Waals surface area contributed by atoms with Gasteiger partial charge in [-0.25, -0.2) is 4.39 Å². The van der Waals surface area contributed by atoms with Crippen molar-refractivity contribution in [3.05, 3.63) is 57.0 Å². The maximum Gasteiger partial charge on any atom is 0.419 e. The van der Waals surface area contributed by atoms with E-state index in [0.717, 1.165) is 17.4 Å². The summed E-state index contributed by atoms with van der Waals surface area (Å²) >= 11 is 1.33. The van der Waals surface area contributed by atoms with Crippen LogP contribution in [0.4, 0.5) is 17.6 Å². The standard InChI is InChI=1S/C14H12F4OS/c1-2-9-4-6-12(20-9)13(19)8-3-5-11(15)10(7-8)14(16,17)18/h3-7,13,19H,2H2,1H3. The van der Waals surface area contributed by atoms with Crippen LogP contribution in [0, 0.1) is 5.82 Å². The Morgan fingerprint density at radius 1 is 1.20 bits per heavy atom. The van der Waals surface area contributed by atoms with Gasteiger partial charge in [0.1, 0.15) is 11.9 Å². The SMILES string of the molecule is CCc1ccc(C(O)c2ccc(F)c(C(F)(F)F)c2)s1. The zero-order valence-corrected chi connectivity index (χ0v) is 11.4. The van der Waals surface area contributed by atoms with Crippen LogP contribution in [0.15, 0.2) is 30.3 Å². The summed E-state index contributed by atoms with van der Waals surface area (Å²) in [4.78, 5) is 1.57. The van der Waals surface area contributed by atoms with E-state index in [-0.39, 0.29) is 5.56 Å². The lowest BCUT2D eigenvalue weighted by Crippen LogP contribution is -2.10. The molecule has 1 N–H and O–H groups in total. The van der Waals surface area contributed by atoms with Gasteiger partial charge in [-0.15, -0.1) is 11.3 Å².